The summed E-state index contributed by atoms with van der Waals surface area (Å²) in [4.78, 5) is 19.2. The van der Waals surface area contributed by atoms with E-state index < -0.39 is 5.60 Å². The van der Waals surface area contributed by atoms with E-state index in [-0.39, 0.29) is 11.9 Å². The van der Waals surface area contributed by atoms with E-state index in [0.29, 0.717) is 18.9 Å². The minimum absolute atomic E-state index is 0.0116. The fourth-order valence-electron chi connectivity index (χ4n) is 3.22. The molecule has 0 radical (unpaired) electrons. The summed E-state index contributed by atoms with van der Waals surface area (Å²) in [6.07, 6.45) is 5.42. The molecule has 3 rings (SSSR count). The van der Waals surface area contributed by atoms with Crippen LogP contribution in [0.2, 0.25) is 0 Å². The molecule has 1 aromatic heterocycles. The Morgan fingerprint density at radius 1 is 1.32 bits per heavy atom. The van der Waals surface area contributed by atoms with Crippen molar-refractivity contribution in [2.75, 3.05) is 13.7 Å². The van der Waals surface area contributed by atoms with Crippen molar-refractivity contribution in [1.82, 2.24) is 9.88 Å². The number of nitrogens with zero attached hydrogens (tertiary/aromatic N) is 2. The molecule has 0 aliphatic carbocycles. The topological polar surface area (TPSA) is 55.6 Å². The van der Waals surface area contributed by atoms with Gasteiger partial charge in [-0.3, -0.25) is 4.79 Å². The molecule has 0 N–H and O–H groups in total. The van der Waals surface area contributed by atoms with Gasteiger partial charge in [0.05, 0.1) is 6.20 Å². The normalized spacial score (nSPS) is 18.4. The first-order valence-electron chi connectivity index (χ1n) is 8.86. The van der Waals surface area contributed by atoms with E-state index in [2.05, 4.69) is 17.1 Å². The Kier molecular flexibility index (Phi) is 5.23. The van der Waals surface area contributed by atoms with Crippen LogP contribution in [0, 0.1) is 0 Å². The predicted octanol–water partition coefficient (Wildman–Crippen LogP) is 3.74. The van der Waals surface area contributed by atoms with Gasteiger partial charge < -0.3 is 14.1 Å². The molecule has 0 spiro atoms. The van der Waals surface area contributed by atoms with Crippen molar-refractivity contribution in [2.45, 2.75) is 51.2 Å². The lowest BCUT2D eigenvalue weighted by atomic mass is 9.98. The molecule has 0 saturated carbocycles. The first-order valence-corrected chi connectivity index (χ1v) is 8.86. The summed E-state index contributed by atoms with van der Waals surface area (Å²) in [5.41, 5.74) is 0.344. The number of hydrogen-bond acceptors (Lipinski definition) is 4. The second-order valence-electron chi connectivity index (χ2n) is 7.05. The van der Waals surface area contributed by atoms with Crippen LogP contribution in [0.4, 0.5) is 0 Å². The molecular weight excluding hydrogens is 316 g/mol. The molecule has 2 heterocycles. The van der Waals surface area contributed by atoms with Crippen LogP contribution >= 0.6 is 0 Å². The number of rotatable bonds is 5. The molecule has 1 fully saturated rings. The Hall–Kier alpha value is -2.14. The van der Waals surface area contributed by atoms with Crippen molar-refractivity contribution in [1.29, 1.82) is 0 Å². The van der Waals surface area contributed by atoms with Crippen molar-refractivity contribution in [3.05, 3.63) is 53.7 Å². The van der Waals surface area contributed by atoms with Crippen LogP contribution in [0.25, 0.3) is 0 Å². The average molecular weight is 342 g/mol. The summed E-state index contributed by atoms with van der Waals surface area (Å²) >= 11 is 0. The number of aromatic nitrogens is 1. The van der Waals surface area contributed by atoms with E-state index in [1.807, 2.05) is 23.1 Å². The SMILES string of the molecule is COC(C)(C)C(=O)N1CCCC[C@H]1c1ncc(Cc2ccccc2)o1. The average Bonchev–Trinajstić information content (AvgIpc) is 3.10. The highest BCUT2D eigenvalue weighted by Gasteiger charge is 2.38. The molecule has 0 unspecified atom stereocenters. The van der Waals surface area contributed by atoms with Crippen LogP contribution in [0.5, 0.6) is 0 Å². The van der Waals surface area contributed by atoms with E-state index in [4.69, 9.17) is 9.15 Å². The van der Waals surface area contributed by atoms with E-state index in [1.54, 1.807) is 27.2 Å². The lowest BCUT2D eigenvalue weighted by Gasteiger charge is -2.38. The highest BCUT2D eigenvalue weighted by molar-refractivity contribution is 5.84. The molecule has 0 bridgehead atoms. The van der Waals surface area contributed by atoms with Gasteiger partial charge in [0, 0.05) is 20.1 Å². The van der Waals surface area contributed by atoms with Gasteiger partial charge in [0.15, 0.2) is 0 Å². The largest absolute Gasteiger partial charge is 0.443 e. The number of methoxy groups -OCH3 is 1. The number of piperidine rings is 1. The summed E-state index contributed by atoms with van der Waals surface area (Å²) in [6, 6.07) is 10.1. The number of benzene rings is 1. The summed E-state index contributed by atoms with van der Waals surface area (Å²) < 4.78 is 11.4. The predicted molar refractivity (Wildman–Crippen MR) is 95.1 cm³/mol. The molecule has 1 atom stereocenters. The van der Waals surface area contributed by atoms with E-state index in [1.165, 1.54) is 5.56 Å². The number of oxazole rings is 1. The fraction of sp³-hybridized carbons (Fsp3) is 0.500. The Balaban J connectivity index is 1.78. The van der Waals surface area contributed by atoms with Crippen molar-refractivity contribution in [3.8, 4) is 0 Å². The third-order valence-electron chi connectivity index (χ3n) is 4.87. The minimum Gasteiger partial charge on any atom is -0.443 e. The molecule has 134 valence electrons. The molecule has 1 amide bonds. The van der Waals surface area contributed by atoms with Gasteiger partial charge in [-0.1, -0.05) is 30.3 Å². The summed E-state index contributed by atoms with van der Waals surface area (Å²) in [5, 5.41) is 0. The zero-order chi connectivity index (χ0) is 17.9. The third kappa shape index (κ3) is 3.93. The van der Waals surface area contributed by atoms with Gasteiger partial charge in [0.2, 0.25) is 5.89 Å². The van der Waals surface area contributed by atoms with Gasteiger partial charge >= 0.3 is 0 Å². The van der Waals surface area contributed by atoms with Gasteiger partial charge in [-0.15, -0.1) is 0 Å². The Labute approximate surface area is 149 Å². The van der Waals surface area contributed by atoms with E-state index >= 15 is 0 Å². The van der Waals surface area contributed by atoms with Crippen LogP contribution in [-0.4, -0.2) is 35.0 Å². The first kappa shape index (κ1) is 17.7. The molecular formula is C20H26N2O3. The quantitative estimate of drug-likeness (QED) is 0.830. The highest BCUT2D eigenvalue weighted by atomic mass is 16.5. The zero-order valence-corrected chi connectivity index (χ0v) is 15.2. The number of hydrogen-bond donors (Lipinski definition) is 0. The van der Waals surface area contributed by atoms with Gasteiger partial charge in [0.1, 0.15) is 17.4 Å². The number of carbonyl (C=O) groups is 1. The second kappa shape index (κ2) is 7.40. The lowest BCUT2D eigenvalue weighted by Crippen LogP contribution is -2.49. The van der Waals surface area contributed by atoms with E-state index in [9.17, 15) is 4.79 Å². The van der Waals surface area contributed by atoms with Crippen LogP contribution < -0.4 is 0 Å². The molecule has 1 saturated heterocycles. The van der Waals surface area contributed by atoms with E-state index in [0.717, 1.165) is 25.0 Å². The zero-order valence-electron chi connectivity index (χ0n) is 15.2. The Bertz CT molecular complexity index is 709. The Morgan fingerprint density at radius 3 is 2.80 bits per heavy atom. The van der Waals surface area contributed by atoms with Crippen molar-refractivity contribution in [3.63, 3.8) is 0 Å². The second-order valence-corrected chi connectivity index (χ2v) is 7.05. The Morgan fingerprint density at radius 2 is 2.08 bits per heavy atom. The van der Waals surface area contributed by atoms with Gasteiger partial charge in [-0.05, 0) is 38.7 Å². The summed E-state index contributed by atoms with van der Waals surface area (Å²) in [5.74, 6) is 1.44. The van der Waals surface area contributed by atoms with Crippen molar-refractivity contribution < 1.29 is 13.9 Å². The molecule has 1 aromatic carbocycles. The molecule has 25 heavy (non-hydrogen) atoms. The maximum atomic E-state index is 12.9. The highest BCUT2D eigenvalue weighted by Crippen LogP contribution is 2.33. The third-order valence-corrected chi connectivity index (χ3v) is 4.87. The molecule has 1 aliphatic heterocycles. The van der Waals surface area contributed by atoms with Gasteiger partial charge in [-0.25, -0.2) is 4.98 Å². The molecule has 2 aromatic rings. The number of ether oxygens (including phenoxy) is 1. The first-order chi connectivity index (χ1) is 12.0. The summed E-state index contributed by atoms with van der Waals surface area (Å²) in [7, 11) is 1.57. The lowest BCUT2D eigenvalue weighted by molar-refractivity contribution is -0.155. The molecule has 5 nitrogen and oxygen atoms in total. The van der Waals surface area contributed by atoms with Crippen molar-refractivity contribution in [2.24, 2.45) is 0 Å². The smallest absolute Gasteiger partial charge is 0.254 e. The van der Waals surface area contributed by atoms with Crippen LogP contribution in [0.15, 0.2) is 40.9 Å². The molecule has 1 aliphatic rings. The maximum Gasteiger partial charge on any atom is 0.254 e. The minimum atomic E-state index is -0.838. The monoisotopic (exact) mass is 342 g/mol. The van der Waals surface area contributed by atoms with Gasteiger partial charge in [0.25, 0.3) is 5.91 Å². The van der Waals surface area contributed by atoms with Crippen LogP contribution in [0.1, 0.15) is 56.4 Å². The fourth-order valence-corrected chi connectivity index (χ4v) is 3.22. The molecule has 5 heteroatoms. The van der Waals surface area contributed by atoms with Crippen LogP contribution in [0.3, 0.4) is 0 Å². The van der Waals surface area contributed by atoms with Crippen molar-refractivity contribution >= 4 is 5.91 Å². The van der Waals surface area contributed by atoms with Gasteiger partial charge in [-0.2, -0.15) is 0 Å². The number of likely N-dealkylation sites (tertiary alicyclic amines) is 1. The standard InChI is InChI=1S/C20H26N2O3/c1-20(2,24-3)19(23)22-12-8-7-11-17(22)18-21-14-16(25-18)13-15-9-5-4-6-10-15/h4-6,9-10,14,17H,7-8,11-13H2,1-3H3/t17-/m0/s1. The summed E-state index contributed by atoms with van der Waals surface area (Å²) in [6.45, 7) is 4.32. The maximum absolute atomic E-state index is 12.9. The number of carbonyl (C=O) groups excluding carboxylic acids is 1. The van der Waals surface area contributed by atoms with Crippen LogP contribution in [-0.2, 0) is 16.0 Å². The number of amides is 1.